The van der Waals surface area contributed by atoms with E-state index in [-0.39, 0.29) is 13.2 Å². The number of amides is 1. The summed E-state index contributed by atoms with van der Waals surface area (Å²) in [5, 5.41) is 6.41. The fourth-order valence-electron chi connectivity index (χ4n) is 1.03. The van der Waals surface area contributed by atoms with Crippen LogP contribution in [0.25, 0.3) is 0 Å². The van der Waals surface area contributed by atoms with Crippen LogP contribution in [0.5, 0.6) is 0 Å². The van der Waals surface area contributed by atoms with Crippen LogP contribution in [0, 0.1) is 6.92 Å². The first-order valence-electron chi connectivity index (χ1n) is 4.87. The third-order valence-corrected chi connectivity index (χ3v) is 2.84. The molecule has 1 heterocycles. The van der Waals surface area contributed by atoms with Gasteiger partial charge in [-0.25, -0.2) is 9.52 Å². The zero-order valence-electron chi connectivity index (χ0n) is 9.48. The molecule has 1 rings (SSSR count). The van der Waals surface area contributed by atoms with Gasteiger partial charge in [-0.1, -0.05) is 0 Å². The van der Waals surface area contributed by atoms with Gasteiger partial charge in [-0.2, -0.15) is 18.2 Å². The number of H-pyrrole nitrogens is 1. The number of carbonyl (C=O) groups is 1. The normalized spacial score (nSPS) is 11.2. The lowest BCUT2D eigenvalue weighted by atomic mass is 10.3. The maximum Gasteiger partial charge on any atom is 0.421 e. The summed E-state index contributed by atoms with van der Waals surface area (Å²) >= 11 is 0. The number of nitrogens with zero attached hydrogens (tertiary/aromatic N) is 1. The van der Waals surface area contributed by atoms with Crippen molar-refractivity contribution in [2.24, 2.45) is 0 Å². The van der Waals surface area contributed by atoms with Gasteiger partial charge in [0.05, 0.1) is 12.8 Å². The second-order valence-corrected chi connectivity index (χ2v) is 4.67. The molecule has 0 saturated heterocycles. The molecule has 17 heavy (non-hydrogen) atoms. The smallest absolute Gasteiger partial charge is 0.421 e. The maximum absolute atomic E-state index is 11.4. The van der Waals surface area contributed by atoms with Crippen LogP contribution in [-0.4, -0.2) is 31.3 Å². The molecule has 1 aromatic rings. The molecule has 0 atom stereocenters. The Balaban J connectivity index is 2.50. The van der Waals surface area contributed by atoms with Crippen LogP contribution in [-0.2, 0) is 21.5 Å². The molecule has 96 valence electrons. The van der Waals surface area contributed by atoms with Crippen molar-refractivity contribution in [1.82, 2.24) is 19.6 Å². The van der Waals surface area contributed by atoms with Crippen molar-refractivity contribution in [2.45, 2.75) is 20.4 Å². The molecule has 0 fully saturated rings. The monoisotopic (exact) mass is 262 g/mol. The molecule has 0 radical (unpaired) electrons. The Hall–Kier alpha value is -1.61. The van der Waals surface area contributed by atoms with Crippen LogP contribution in [0.15, 0.2) is 6.20 Å². The second-order valence-electron chi connectivity index (χ2n) is 3.17. The molecule has 0 bridgehead atoms. The van der Waals surface area contributed by atoms with Gasteiger partial charge in [0, 0.05) is 17.8 Å². The minimum absolute atomic E-state index is 0.0388. The fourth-order valence-corrected chi connectivity index (χ4v) is 1.73. The second kappa shape index (κ2) is 5.64. The SMILES string of the molecule is CCOC(=O)NS(=O)(=O)NCc1cn[nH]c1C. The van der Waals surface area contributed by atoms with E-state index in [0.29, 0.717) is 5.56 Å². The highest BCUT2D eigenvalue weighted by atomic mass is 32.2. The van der Waals surface area contributed by atoms with Crippen LogP contribution in [0.4, 0.5) is 4.79 Å². The van der Waals surface area contributed by atoms with Crippen molar-refractivity contribution in [2.75, 3.05) is 6.61 Å². The number of rotatable bonds is 5. The quantitative estimate of drug-likeness (QED) is 0.680. The van der Waals surface area contributed by atoms with E-state index >= 15 is 0 Å². The van der Waals surface area contributed by atoms with E-state index in [2.05, 4.69) is 19.7 Å². The highest BCUT2D eigenvalue weighted by Crippen LogP contribution is 2.01. The van der Waals surface area contributed by atoms with Gasteiger partial charge in [0.2, 0.25) is 0 Å². The molecule has 3 N–H and O–H groups in total. The number of carbonyl (C=O) groups excluding carboxylic acids is 1. The summed E-state index contributed by atoms with van der Waals surface area (Å²) in [6, 6.07) is 0. The molecule has 0 spiro atoms. The van der Waals surface area contributed by atoms with Crippen molar-refractivity contribution in [3.8, 4) is 0 Å². The van der Waals surface area contributed by atoms with Gasteiger partial charge in [0.25, 0.3) is 0 Å². The highest BCUT2D eigenvalue weighted by molar-refractivity contribution is 7.88. The van der Waals surface area contributed by atoms with Gasteiger partial charge in [0.1, 0.15) is 0 Å². The van der Waals surface area contributed by atoms with Crippen molar-refractivity contribution in [3.63, 3.8) is 0 Å². The molecule has 0 aliphatic carbocycles. The number of aromatic nitrogens is 2. The van der Waals surface area contributed by atoms with E-state index in [1.165, 1.54) is 6.20 Å². The number of aromatic amines is 1. The van der Waals surface area contributed by atoms with Crippen LogP contribution in [0.3, 0.4) is 0 Å². The Bertz CT molecular complexity index is 481. The largest absolute Gasteiger partial charge is 0.449 e. The van der Waals surface area contributed by atoms with Crippen LogP contribution in [0.2, 0.25) is 0 Å². The zero-order valence-corrected chi connectivity index (χ0v) is 10.3. The van der Waals surface area contributed by atoms with Gasteiger partial charge in [-0.3, -0.25) is 5.10 Å². The van der Waals surface area contributed by atoms with E-state index < -0.39 is 16.3 Å². The lowest BCUT2D eigenvalue weighted by molar-refractivity contribution is 0.158. The lowest BCUT2D eigenvalue weighted by Gasteiger charge is -2.07. The van der Waals surface area contributed by atoms with Crippen molar-refractivity contribution in [1.29, 1.82) is 0 Å². The molecular formula is C8H14N4O4S. The Morgan fingerprint density at radius 3 is 2.82 bits per heavy atom. The first-order chi connectivity index (χ1) is 7.94. The van der Waals surface area contributed by atoms with Gasteiger partial charge in [-0.15, -0.1) is 0 Å². The molecule has 0 aliphatic heterocycles. The average molecular weight is 262 g/mol. The van der Waals surface area contributed by atoms with Gasteiger partial charge in [0.15, 0.2) is 0 Å². The summed E-state index contributed by atoms with van der Waals surface area (Å²) in [5.41, 5.74) is 1.45. The van der Waals surface area contributed by atoms with E-state index in [1.54, 1.807) is 18.6 Å². The predicted octanol–water partition coefficient (Wildman–Crippen LogP) is -0.201. The van der Waals surface area contributed by atoms with Crippen LogP contribution < -0.4 is 9.44 Å². The lowest BCUT2D eigenvalue weighted by Crippen LogP contribution is -2.40. The summed E-state index contributed by atoms with van der Waals surface area (Å²) in [6.07, 6.45) is 0.492. The minimum atomic E-state index is -3.91. The molecular weight excluding hydrogens is 248 g/mol. The maximum atomic E-state index is 11.4. The Labute approximate surface area is 98.9 Å². The zero-order chi connectivity index (χ0) is 12.9. The number of nitrogens with one attached hydrogen (secondary N) is 3. The van der Waals surface area contributed by atoms with Crippen molar-refractivity contribution < 1.29 is 17.9 Å². The summed E-state index contributed by atoms with van der Waals surface area (Å²) in [5.74, 6) is 0. The Kier molecular flexibility index (Phi) is 4.46. The summed E-state index contributed by atoms with van der Waals surface area (Å²) in [7, 11) is -3.91. The molecule has 8 nitrogen and oxygen atoms in total. The van der Waals surface area contributed by atoms with Gasteiger partial charge in [-0.05, 0) is 13.8 Å². The van der Waals surface area contributed by atoms with Crippen LogP contribution >= 0.6 is 0 Å². The summed E-state index contributed by atoms with van der Waals surface area (Å²) < 4.78 is 31.1. The van der Waals surface area contributed by atoms with E-state index in [0.717, 1.165) is 5.69 Å². The first kappa shape index (κ1) is 13.5. The number of aryl methyl sites for hydroxylation is 1. The Morgan fingerprint density at radius 1 is 1.59 bits per heavy atom. The first-order valence-corrected chi connectivity index (χ1v) is 6.36. The molecule has 1 aromatic heterocycles. The van der Waals surface area contributed by atoms with Gasteiger partial charge < -0.3 is 4.74 Å². The number of hydrogen-bond donors (Lipinski definition) is 3. The molecule has 0 aliphatic rings. The van der Waals surface area contributed by atoms with Crippen molar-refractivity contribution >= 4 is 16.3 Å². The topological polar surface area (TPSA) is 113 Å². The van der Waals surface area contributed by atoms with Crippen LogP contribution in [0.1, 0.15) is 18.2 Å². The number of hydrogen-bond acceptors (Lipinski definition) is 5. The van der Waals surface area contributed by atoms with E-state index in [4.69, 9.17) is 0 Å². The summed E-state index contributed by atoms with van der Waals surface area (Å²) in [4.78, 5) is 10.9. The number of ether oxygens (including phenoxy) is 1. The van der Waals surface area contributed by atoms with Gasteiger partial charge >= 0.3 is 16.3 Å². The highest BCUT2D eigenvalue weighted by Gasteiger charge is 2.15. The predicted molar refractivity (Wildman–Crippen MR) is 59.2 cm³/mol. The molecule has 1 amide bonds. The molecule has 9 heteroatoms. The Morgan fingerprint density at radius 2 is 2.29 bits per heavy atom. The van der Waals surface area contributed by atoms with E-state index in [9.17, 15) is 13.2 Å². The molecule has 0 saturated carbocycles. The molecule has 0 aromatic carbocycles. The minimum Gasteiger partial charge on any atom is -0.449 e. The third kappa shape index (κ3) is 4.41. The summed E-state index contributed by atoms with van der Waals surface area (Å²) in [6.45, 7) is 3.48. The van der Waals surface area contributed by atoms with Crippen molar-refractivity contribution in [3.05, 3.63) is 17.5 Å². The average Bonchev–Trinajstić information content (AvgIpc) is 2.60. The third-order valence-electron chi connectivity index (χ3n) is 1.88. The molecule has 0 unspecified atom stereocenters. The van der Waals surface area contributed by atoms with E-state index in [1.807, 2.05) is 0 Å². The fraction of sp³-hybridized carbons (Fsp3) is 0.500. The standard InChI is InChI=1S/C8H14N4O4S/c1-3-16-8(13)12-17(14,15)10-5-7-4-9-11-6(7)2/h4,10H,3,5H2,1-2H3,(H,9,11)(H,12,13).